The molecular formula is C7H14N2O2. The lowest BCUT2D eigenvalue weighted by Gasteiger charge is -2.24. The van der Waals surface area contributed by atoms with Gasteiger partial charge in [-0.1, -0.05) is 0 Å². The van der Waals surface area contributed by atoms with Crippen LogP contribution in [0, 0.1) is 5.41 Å². The summed E-state index contributed by atoms with van der Waals surface area (Å²) in [5.41, 5.74) is 4.45. The molecule has 0 aromatic heterocycles. The first-order valence-corrected chi connectivity index (χ1v) is 3.35. The minimum Gasteiger partial charge on any atom is -0.369 e. The molecule has 0 rings (SSSR count). The lowest BCUT2D eigenvalue weighted by atomic mass is 9.92. The van der Waals surface area contributed by atoms with Gasteiger partial charge >= 0.3 is 0 Å². The van der Waals surface area contributed by atoms with Gasteiger partial charge in [-0.05, 0) is 13.8 Å². The Kier molecular flexibility index (Phi) is 3.04. The zero-order valence-corrected chi connectivity index (χ0v) is 7.13. The molecule has 0 radical (unpaired) electrons. The predicted molar refractivity (Wildman–Crippen MR) is 41.7 cm³/mol. The van der Waals surface area contributed by atoms with Crippen molar-refractivity contribution in [2.45, 2.75) is 13.8 Å². The highest BCUT2D eigenvalue weighted by molar-refractivity contribution is 5.80. The van der Waals surface area contributed by atoms with E-state index >= 15 is 0 Å². The fraction of sp³-hybridized carbons (Fsp3) is 0.714. The zero-order valence-electron chi connectivity index (χ0n) is 7.13. The molecular weight excluding hydrogens is 144 g/mol. The van der Waals surface area contributed by atoms with E-state index in [2.05, 4.69) is 0 Å². The van der Waals surface area contributed by atoms with E-state index in [0.29, 0.717) is 13.0 Å². The highest BCUT2D eigenvalue weighted by Crippen LogP contribution is 2.13. The van der Waals surface area contributed by atoms with Crippen LogP contribution in [0.4, 0.5) is 0 Å². The first-order valence-electron chi connectivity index (χ1n) is 3.35. The van der Waals surface area contributed by atoms with Gasteiger partial charge in [-0.3, -0.25) is 9.59 Å². The van der Waals surface area contributed by atoms with Crippen LogP contribution in [-0.4, -0.2) is 30.8 Å². The lowest BCUT2D eigenvalue weighted by molar-refractivity contribution is -0.128. The summed E-state index contributed by atoms with van der Waals surface area (Å²) in [6.45, 7) is 3.76. The van der Waals surface area contributed by atoms with Crippen molar-refractivity contribution in [3.05, 3.63) is 0 Å². The van der Waals surface area contributed by atoms with Crippen molar-refractivity contribution in [3.8, 4) is 0 Å². The van der Waals surface area contributed by atoms with E-state index in [9.17, 15) is 9.59 Å². The van der Waals surface area contributed by atoms with Crippen LogP contribution >= 0.6 is 0 Å². The molecule has 11 heavy (non-hydrogen) atoms. The number of nitrogens with zero attached hydrogens (tertiary/aromatic N) is 1. The maximum Gasteiger partial charge on any atom is 0.224 e. The maximum absolute atomic E-state index is 10.8. The van der Waals surface area contributed by atoms with Crippen molar-refractivity contribution in [2.75, 3.05) is 13.6 Å². The van der Waals surface area contributed by atoms with Crippen LogP contribution in [0.5, 0.6) is 0 Å². The summed E-state index contributed by atoms with van der Waals surface area (Å²) < 4.78 is 0. The molecule has 0 saturated heterocycles. The van der Waals surface area contributed by atoms with Crippen LogP contribution in [0.3, 0.4) is 0 Å². The van der Waals surface area contributed by atoms with Crippen molar-refractivity contribution >= 4 is 12.3 Å². The van der Waals surface area contributed by atoms with Crippen LogP contribution in [0.1, 0.15) is 13.8 Å². The van der Waals surface area contributed by atoms with Gasteiger partial charge in [-0.15, -0.1) is 0 Å². The molecule has 0 saturated carbocycles. The Bertz CT molecular complexity index is 166. The Morgan fingerprint density at radius 2 is 2.09 bits per heavy atom. The number of hydrogen-bond acceptors (Lipinski definition) is 2. The van der Waals surface area contributed by atoms with Gasteiger partial charge in [0.25, 0.3) is 0 Å². The van der Waals surface area contributed by atoms with Crippen LogP contribution in [0.2, 0.25) is 0 Å². The molecule has 4 heteroatoms. The number of carbonyl (C=O) groups excluding carboxylic acids is 2. The van der Waals surface area contributed by atoms with Crippen LogP contribution in [-0.2, 0) is 9.59 Å². The van der Waals surface area contributed by atoms with Crippen molar-refractivity contribution < 1.29 is 9.59 Å². The highest BCUT2D eigenvalue weighted by atomic mass is 16.1. The average Bonchev–Trinajstić information content (AvgIpc) is 1.86. The molecule has 0 bridgehead atoms. The van der Waals surface area contributed by atoms with Gasteiger partial charge in [0.2, 0.25) is 12.3 Å². The van der Waals surface area contributed by atoms with Crippen LogP contribution in [0.25, 0.3) is 0 Å². The molecule has 4 nitrogen and oxygen atoms in total. The summed E-state index contributed by atoms with van der Waals surface area (Å²) in [4.78, 5) is 22.3. The molecule has 0 aliphatic rings. The Hall–Kier alpha value is -1.06. The van der Waals surface area contributed by atoms with Gasteiger partial charge in [0.05, 0.1) is 5.41 Å². The Morgan fingerprint density at radius 1 is 1.64 bits per heavy atom. The molecule has 0 aliphatic carbocycles. The normalized spacial score (nSPS) is 10.8. The van der Waals surface area contributed by atoms with Gasteiger partial charge in [0, 0.05) is 13.6 Å². The van der Waals surface area contributed by atoms with Crippen molar-refractivity contribution in [1.82, 2.24) is 4.90 Å². The minimum atomic E-state index is -0.643. The number of amides is 2. The Balaban J connectivity index is 4.11. The summed E-state index contributed by atoms with van der Waals surface area (Å²) in [6.07, 6.45) is 0.671. The number of hydrogen-bond donors (Lipinski definition) is 1. The van der Waals surface area contributed by atoms with E-state index in [1.807, 2.05) is 0 Å². The third kappa shape index (κ3) is 3.02. The van der Waals surface area contributed by atoms with Crippen molar-refractivity contribution in [2.24, 2.45) is 11.1 Å². The largest absolute Gasteiger partial charge is 0.369 e. The van der Waals surface area contributed by atoms with E-state index < -0.39 is 11.3 Å². The molecule has 0 spiro atoms. The summed E-state index contributed by atoms with van der Waals surface area (Å²) >= 11 is 0. The number of rotatable bonds is 4. The monoisotopic (exact) mass is 158 g/mol. The fourth-order valence-corrected chi connectivity index (χ4v) is 0.739. The molecule has 0 unspecified atom stereocenters. The smallest absolute Gasteiger partial charge is 0.224 e. The van der Waals surface area contributed by atoms with Crippen LogP contribution < -0.4 is 5.73 Å². The molecule has 0 fully saturated rings. The van der Waals surface area contributed by atoms with Crippen molar-refractivity contribution in [3.63, 3.8) is 0 Å². The molecule has 0 heterocycles. The Morgan fingerprint density at radius 3 is 2.36 bits per heavy atom. The van der Waals surface area contributed by atoms with E-state index in [1.54, 1.807) is 20.9 Å². The van der Waals surface area contributed by atoms with Gasteiger partial charge in [0.15, 0.2) is 0 Å². The molecule has 0 aromatic rings. The second-order valence-corrected chi connectivity index (χ2v) is 3.27. The molecule has 2 amide bonds. The topological polar surface area (TPSA) is 63.4 Å². The molecule has 0 aliphatic heterocycles. The first kappa shape index (κ1) is 9.94. The average molecular weight is 158 g/mol. The number of carbonyl (C=O) groups is 2. The lowest BCUT2D eigenvalue weighted by Crippen LogP contribution is -2.40. The van der Waals surface area contributed by atoms with Gasteiger partial charge < -0.3 is 10.6 Å². The Labute approximate surface area is 66.4 Å². The quantitative estimate of drug-likeness (QED) is 0.565. The standard InChI is InChI=1S/C7H14N2O2/c1-7(2,6(8)11)4-9(3)5-10/h5H,4H2,1-3H3,(H2,8,11). The zero-order chi connectivity index (χ0) is 9.07. The van der Waals surface area contributed by atoms with Gasteiger partial charge in [-0.2, -0.15) is 0 Å². The fourth-order valence-electron chi connectivity index (χ4n) is 0.739. The number of primary amides is 1. The van der Waals surface area contributed by atoms with Crippen LogP contribution in [0.15, 0.2) is 0 Å². The van der Waals surface area contributed by atoms with E-state index in [4.69, 9.17) is 5.73 Å². The summed E-state index contributed by atoms with van der Waals surface area (Å²) in [7, 11) is 1.61. The maximum atomic E-state index is 10.8. The minimum absolute atomic E-state index is 0.353. The van der Waals surface area contributed by atoms with E-state index in [-0.39, 0.29) is 0 Å². The summed E-state index contributed by atoms with van der Waals surface area (Å²) in [6, 6.07) is 0. The first-order chi connectivity index (χ1) is 4.90. The molecule has 0 aromatic carbocycles. The molecule has 0 atom stereocenters. The van der Waals surface area contributed by atoms with E-state index in [0.717, 1.165) is 0 Å². The highest BCUT2D eigenvalue weighted by Gasteiger charge is 2.25. The second kappa shape index (κ2) is 3.37. The van der Waals surface area contributed by atoms with Gasteiger partial charge in [-0.25, -0.2) is 0 Å². The number of nitrogens with two attached hydrogens (primary N) is 1. The SMILES string of the molecule is CN(C=O)CC(C)(C)C(N)=O. The third-order valence-corrected chi connectivity index (χ3v) is 1.49. The molecule has 2 N–H and O–H groups in total. The third-order valence-electron chi connectivity index (χ3n) is 1.49. The van der Waals surface area contributed by atoms with Crippen molar-refractivity contribution in [1.29, 1.82) is 0 Å². The summed E-state index contributed by atoms with van der Waals surface area (Å²) in [5, 5.41) is 0. The molecule has 64 valence electrons. The summed E-state index contributed by atoms with van der Waals surface area (Å²) in [5.74, 6) is -0.397. The van der Waals surface area contributed by atoms with Gasteiger partial charge in [0.1, 0.15) is 0 Å². The predicted octanol–water partition coefficient (Wildman–Crippen LogP) is -0.414. The van der Waals surface area contributed by atoms with E-state index in [1.165, 1.54) is 4.90 Å². The second-order valence-electron chi connectivity index (χ2n) is 3.27.